The SMILES string of the molecule is COC(=O)OCC=CC=C(C)C. The van der Waals surface area contributed by atoms with Gasteiger partial charge in [0, 0.05) is 0 Å². The van der Waals surface area contributed by atoms with Crippen LogP contribution in [0.2, 0.25) is 0 Å². The minimum Gasteiger partial charge on any atom is -0.438 e. The standard InChI is InChI=1S/C9H14O3/c1-8(2)6-4-5-7-12-9(10)11-3/h4-6H,7H2,1-3H3. The molecule has 0 aliphatic heterocycles. The third-order valence-corrected chi connectivity index (χ3v) is 1.03. The number of allylic oxidation sites excluding steroid dienone is 3. The van der Waals surface area contributed by atoms with Crippen molar-refractivity contribution in [1.29, 1.82) is 0 Å². The van der Waals surface area contributed by atoms with Crippen LogP contribution in [-0.4, -0.2) is 19.9 Å². The molecule has 0 rings (SSSR count). The van der Waals surface area contributed by atoms with Gasteiger partial charge in [-0.2, -0.15) is 0 Å². The molecule has 0 spiro atoms. The minimum absolute atomic E-state index is 0.246. The van der Waals surface area contributed by atoms with Crippen molar-refractivity contribution in [3.05, 3.63) is 23.8 Å². The van der Waals surface area contributed by atoms with Gasteiger partial charge in [0.25, 0.3) is 0 Å². The monoisotopic (exact) mass is 170 g/mol. The van der Waals surface area contributed by atoms with E-state index in [4.69, 9.17) is 0 Å². The molecule has 0 bridgehead atoms. The first-order valence-electron chi connectivity index (χ1n) is 3.67. The van der Waals surface area contributed by atoms with Gasteiger partial charge in [0.05, 0.1) is 7.11 Å². The van der Waals surface area contributed by atoms with Crippen LogP contribution in [0.15, 0.2) is 23.8 Å². The van der Waals surface area contributed by atoms with Crippen LogP contribution < -0.4 is 0 Å². The van der Waals surface area contributed by atoms with E-state index >= 15 is 0 Å². The highest BCUT2D eigenvalue weighted by atomic mass is 16.7. The van der Waals surface area contributed by atoms with Gasteiger partial charge in [0.1, 0.15) is 6.61 Å². The van der Waals surface area contributed by atoms with E-state index in [0.29, 0.717) is 0 Å². The van der Waals surface area contributed by atoms with E-state index in [9.17, 15) is 4.79 Å². The van der Waals surface area contributed by atoms with E-state index in [2.05, 4.69) is 9.47 Å². The lowest BCUT2D eigenvalue weighted by molar-refractivity contribution is 0.0818. The molecular formula is C9H14O3. The molecule has 0 aliphatic carbocycles. The van der Waals surface area contributed by atoms with Crippen molar-refractivity contribution in [2.24, 2.45) is 0 Å². The Kier molecular flexibility index (Phi) is 5.79. The number of rotatable bonds is 3. The number of carbonyl (C=O) groups is 1. The van der Waals surface area contributed by atoms with Gasteiger partial charge in [0.2, 0.25) is 0 Å². The predicted molar refractivity (Wildman–Crippen MR) is 46.9 cm³/mol. The van der Waals surface area contributed by atoms with Gasteiger partial charge in [-0.25, -0.2) is 4.79 Å². The molecule has 0 aromatic heterocycles. The summed E-state index contributed by atoms with van der Waals surface area (Å²) in [6.45, 7) is 4.23. The first-order valence-corrected chi connectivity index (χ1v) is 3.67. The quantitative estimate of drug-likeness (QED) is 0.481. The normalized spacial score (nSPS) is 9.58. The van der Waals surface area contributed by atoms with E-state index in [-0.39, 0.29) is 6.61 Å². The maximum Gasteiger partial charge on any atom is 0.508 e. The van der Waals surface area contributed by atoms with E-state index in [1.807, 2.05) is 26.0 Å². The zero-order chi connectivity index (χ0) is 9.40. The molecule has 3 heteroatoms. The zero-order valence-electron chi connectivity index (χ0n) is 7.66. The molecule has 0 aliphatic rings. The fourth-order valence-corrected chi connectivity index (χ4v) is 0.491. The number of carbonyl (C=O) groups excluding carboxylic acids is 1. The van der Waals surface area contributed by atoms with E-state index < -0.39 is 6.16 Å². The largest absolute Gasteiger partial charge is 0.508 e. The lowest BCUT2D eigenvalue weighted by Gasteiger charge is -1.96. The van der Waals surface area contributed by atoms with Crippen molar-refractivity contribution in [1.82, 2.24) is 0 Å². The summed E-state index contributed by atoms with van der Waals surface area (Å²) < 4.78 is 8.86. The average Bonchev–Trinajstić information content (AvgIpc) is 2.03. The van der Waals surface area contributed by atoms with Crippen LogP contribution >= 0.6 is 0 Å². The summed E-state index contributed by atoms with van der Waals surface area (Å²) in [7, 11) is 1.28. The highest BCUT2D eigenvalue weighted by Gasteiger charge is 1.94. The van der Waals surface area contributed by atoms with Crippen molar-refractivity contribution >= 4 is 6.16 Å². The van der Waals surface area contributed by atoms with Crippen molar-refractivity contribution < 1.29 is 14.3 Å². The molecule has 0 radical (unpaired) electrons. The molecule has 0 saturated heterocycles. The number of methoxy groups -OCH3 is 1. The van der Waals surface area contributed by atoms with E-state index in [1.165, 1.54) is 12.7 Å². The maximum absolute atomic E-state index is 10.4. The van der Waals surface area contributed by atoms with Gasteiger partial charge in [-0.05, 0) is 19.9 Å². The molecule has 0 unspecified atom stereocenters. The van der Waals surface area contributed by atoms with Crippen LogP contribution in [0, 0.1) is 0 Å². The van der Waals surface area contributed by atoms with Crippen molar-refractivity contribution in [3.8, 4) is 0 Å². The Morgan fingerprint density at radius 3 is 2.58 bits per heavy atom. The lowest BCUT2D eigenvalue weighted by Crippen LogP contribution is -2.03. The Morgan fingerprint density at radius 2 is 2.08 bits per heavy atom. The summed E-state index contributed by atoms with van der Waals surface area (Å²) in [5.41, 5.74) is 1.20. The summed E-state index contributed by atoms with van der Waals surface area (Å²) in [5.74, 6) is 0. The molecule has 0 saturated carbocycles. The van der Waals surface area contributed by atoms with Gasteiger partial charge in [-0.1, -0.05) is 17.7 Å². The topological polar surface area (TPSA) is 35.5 Å². The molecule has 0 heterocycles. The second-order valence-electron chi connectivity index (χ2n) is 2.44. The number of hydrogen-bond donors (Lipinski definition) is 0. The molecular weight excluding hydrogens is 156 g/mol. The summed E-state index contributed by atoms with van der Waals surface area (Å²) in [6.07, 6.45) is 4.85. The molecule has 0 atom stereocenters. The lowest BCUT2D eigenvalue weighted by atomic mass is 10.3. The van der Waals surface area contributed by atoms with E-state index in [0.717, 1.165) is 0 Å². The molecule has 0 amide bonds. The second kappa shape index (κ2) is 6.46. The number of hydrogen-bond acceptors (Lipinski definition) is 3. The molecule has 3 nitrogen and oxygen atoms in total. The zero-order valence-corrected chi connectivity index (χ0v) is 7.66. The van der Waals surface area contributed by atoms with Gasteiger partial charge in [-0.3, -0.25) is 0 Å². The smallest absolute Gasteiger partial charge is 0.438 e. The molecule has 0 aromatic carbocycles. The maximum atomic E-state index is 10.4. The first kappa shape index (κ1) is 10.8. The highest BCUT2D eigenvalue weighted by molar-refractivity contribution is 5.59. The van der Waals surface area contributed by atoms with Gasteiger partial charge in [-0.15, -0.1) is 0 Å². The Hall–Kier alpha value is -1.25. The van der Waals surface area contributed by atoms with Crippen molar-refractivity contribution in [2.75, 3.05) is 13.7 Å². The Bertz CT molecular complexity index is 188. The minimum atomic E-state index is -0.656. The Balaban J connectivity index is 3.49. The summed E-state index contributed by atoms with van der Waals surface area (Å²) in [5, 5.41) is 0. The molecule has 0 aromatic rings. The molecule has 12 heavy (non-hydrogen) atoms. The summed E-state index contributed by atoms with van der Waals surface area (Å²) >= 11 is 0. The second-order valence-corrected chi connectivity index (χ2v) is 2.44. The van der Waals surface area contributed by atoms with Crippen LogP contribution in [0.4, 0.5) is 4.79 Å². The van der Waals surface area contributed by atoms with Crippen LogP contribution in [0.3, 0.4) is 0 Å². The summed E-state index contributed by atoms with van der Waals surface area (Å²) in [4.78, 5) is 10.4. The number of ether oxygens (including phenoxy) is 2. The van der Waals surface area contributed by atoms with Crippen LogP contribution in [-0.2, 0) is 9.47 Å². The highest BCUT2D eigenvalue weighted by Crippen LogP contribution is 1.89. The van der Waals surface area contributed by atoms with Crippen LogP contribution in [0.5, 0.6) is 0 Å². The molecule has 0 N–H and O–H groups in total. The first-order chi connectivity index (χ1) is 5.66. The fourth-order valence-electron chi connectivity index (χ4n) is 0.491. The van der Waals surface area contributed by atoms with Crippen molar-refractivity contribution in [3.63, 3.8) is 0 Å². The Labute approximate surface area is 72.7 Å². The molecule has 0 fully saturated rings. The van der Waals surface area contributed by atoms with Crippen LogP contribution in [0.25, 0.3) is 0 Å². The van der Waals surface area contributed by atoms with Crippen LogP contribution in [0.1, 0.15) is 13.8 Å². The average molecular weight is 170 g/mol. The summed E-state index contributed by atoms with van der Waals surface area (Å²) in [6, 6.07) is 0. The third kappa shape index (κ3) is 6.86. The third-order valence-electron chi connectivity index (χ3n) is 1.03. The van der Waals surface area contributed by atoms with Gasteiger partial charge in [0.15, 0.2) is 0 Å². The fraction of sp³-hybridized carbons (Fsp3) is 0.444. The van der Waals surface area contributed by atoms with Gasteiger partial charge >= 0.3 is 6.16 Å². The van der Waals surface area contributed by atoms with E-state index in [1.54, 1.807) is 6.08 Å². The predicted octanol–water partition coefficient (Wildman–Crippen LogP) is 2.29. The molecule has 68 valence electrons. The Morgan fingerprint density at radius 1 is 1.42 bits per heavy atom. The van der Waals surface area contributed by atoms with Gasteiger partial charge < -0.3 is 9.47 Å². The van der Waals surface area contributed by atoms with Crippen molar-refractivity contribution in [2.45, 2.75) is 13.8 Å².